The molecule has 0 saturated heterocycles. The minimum Gasteiger partial charge on any atom is -0.326 e. The van der Waals surface area contributed by atoms with Crippen molar-refractivity contribution in [1.29, 1.82) is 0 Å². The molecular formula is C10H18ClN3O2S. The Kier molecular flexibility index (Phi) is 4.57. The summed E-state index contributed by atoms with van der Waals surface area (Å²) < 4.78 is 23.9. The topological polar surface area (TPSA) is 78.0 Å². The molecule has 1 atom stereocenters. The predicted molar refractivity (Wildman–Crippen MR) is 69.0 cm³/mol. The smallest absolute Gasteiger partial charge is 0.148 e. The monoisotopic (exact) mass is 279 g/mol. The van der Waals surface area contributed by atoms with Crippen molar-refractivity contribution in [2.45, 2.75) is 25.8 Å². The molecule has 1 aromatic heterocycles. The standard InChI is InChI=1S/C10H18ClN3O2S/c1-4-8-10(11)9(14(2)13-8)5-7(12)6-17(3,15)16/h7H,4-6,12H2,1-3H3. The van der Waals surface area contributed by atoms with Gasteiger partial charge in [0.1, 0.15) is 9.84 Å². The van der Waals surface area contributed by atoms with Crippen LogP contribution in [-0.2, 0) is 29.7 Å². The minimum atomic E-state index is -3.07. The van der Waals surface area contributed by atoms with Crippen LogP contribution in [0.25, 0.3) is 0 Å². The van der Waals surface area contributed by atoms with Gasteiger partial charge in [0.05, 0.1) is 22.2 Å². The zero-order valence-corrected chi connectivity index (χ0v) is 11.8. The van der Waals surface area contributed by atoms with Crippen LogP contribution in [0, 0.1) is 0 Å². The minimum absolute atomic E-state index is 0.0457. The molecule has 0 bridgehead atoms. The van der Waals surface area contributed by atoms with E-state index in [1.807, 2.05) is 6.92 Å². The van der Waals surface area contributed by atoms with Crippen molar-refractivity contribution in [3.05, 3.63) is 16.4 Å². The first kappa shape index (κ1) is 14.5. The summed E-state index contributed by atoms with van der Waals surface area (Å²) in [4.78, 5) is 0. The maximum absolute atomic E-state index is 11.1. The van der Waals surface area contributed by atoms with Gasteiger partial charge in [0.25, 0.3) is 0 Å². The van der Waals surface area contributed by atoms with E-state index in [0.29, 0.717) is 11.4 Å². The molecule has 98 valence electrons. The summed E-state index contributed by atoms with van der Waals surface area (Å²) in [6.45, 7) is 1.97. The van der Waals surface area contributed by atoms with Crippen LogP contribution in [0.5, 0.6) is 0 Å². The fourth-order valence-corrected chi connectivity index (χ4v) is 3.00. The quantitative estimate of drug-likeness (QED) is 0.854. The van der Waals surface area contributed by atoms with E-state index >= 15 is 0 Å². The lowest BCUT2D eigenvalue weighted by molar-refractivity contribution is 0.586. The maximum atomic E-state index is 11.1. The lowest BCUT2D eigenvalue weighted by Crippen LogP contribution is -2.32. The highest BCUT2D eigenvalue weighted by Crippen LogP contribution is 2.21. The third-order valence-corrected chi connectivity index (χ3v) is 3.95. The molecule has 0 amide bonds. The summed E-state index contributed by atoms with van der Waals surface area (Å²) in [6.07, 6.45) is 2.33. The zero-order valence-electron chi connectivity index (χ0n) is 10.3. The van der Waals surface area contributed by atoms with Gasteiger partial charge < -0.3 is 5.73 Å². The van der Waals surface area contributed by atoms with E-state index in [9.17, 15) is 8.42 Å². The van der Waals surface area contributed by atoms with E-state index in [1.165, 1.54) is 6.26 Å². The second-order valence-electron chi connectivity index (χ2n) is 4.24. The highest BCUT2D eigenvalue weighted by Gasteiger charge is 2.18. The van der Waals surface area contributed by atoms with Gasteiger partial charge in [-0.1, -0.05) is 18.5 Å². The van der Waals surface area contributed by atoms with E-state index in [-0.39, 0.29) is 5.75 Å². The first-order valence-electron chi connectivity index (χ1n) is 5.38. The number of nitrogens with zero attached hydrogens (tertiary/aromatic N) is 2. The summed E-state index contributed by atoms with van der Waals surface area (Å²) in [5, 5.41) is 4.85. The normalized spacial score (nSPS) is 13.9. The summed E-state index contributed by atoms with van der Waals surface area (Å²) in [7, 11) is -1.28. The van der Waals surface area contributed by atoms with Gasteiger partial charge in [-0.15, -0.1) is 0 Å². The van der Waals surface area contributed by atoms with E-state index < -0.39 is 15.9 Å². The Labute approximate surface area is 107 Å². The third kappa shape index (κ3) is 3.97. The number of hydrogen-bond donors (Lipinski definition) is 1. The zero-order chi connectivity index (χ0) is 13.2. The molecule has 7 heteroatoms. The molecule has 1 unspecified atom stereocenters. The van der Waals surface area contributed by atoms with Gasteiger partial charge in [-0.2, -0.15) is 5.10 Å². The first-order chi connectivity index (χ1) is 7.74. The second kappa shape index (κ2) is 5.37. The van der Waals surface area contributed by atoms with E-state index in [1.54, 1.807) is 11.7 Å². The number of nitrogens with two attached hydrogens (primary N) is 1. The van der Waals surface area contributed by atoms with Crippen molar-refractivity contribution in [3.63, 3.8) is 0 Å². The number of aromatic nitrogens is 2. The lowest BCUT2D eigenvalue weighted by Gasteiger charge is -2.10. The van der Waals surface area contributed by atoms with Crippen LogP contribution in [0.1, 0.15) is 18.3 Å². The van der Waals surface area contributed by atoms with Gasteiger partial charge in [0.15, 0.2) is 0 Å². The molecular weight excluding hydrogens is 262 g/mol. The summed E-state index contributed by atoms with van der Waals surface area (Å²) in [5.41, 5.74) is 7.41. The number of aryl methyl sites for hydroxylation is 2. The molecule has 0 aliphatic carbocycles. The molecule has 1 aromatic rings. The van der Waals surface area contributed by atoms with Gasteiger partial charge in [-0.3, -0.25) is 4.68 Å². The van der Waals surface area contributed by atoms with Crippen molar-refractivity contribution in [3.8, 4) is 0 Å². The fraction of sp³-hybridized carbons (Fsp3) is 0.700. The van der Waals surface area contributed by atoms with Crippen LogP contribution in [-0.4, -0.2) is 36.2 Å². The van der Waals surface area contributed by atoms with Crippen molar-refractivity contribution >= 4 is 21.4 Å². The Morgan fingerprint density at radius 1 is 1.53 bits per heavy atom. The molecule has 1 rings (SSSR count). The van der Waals surface area contributed by atoms with Crippen molar-refractivity contribution in [2.75, 3.05) is 12.0 Å². The summed E-state index contributed by atoms with van der Waals surface area (Å²) in [5.74, 6) is -0.0457. The Morgan fingerprint density at radius 2 is 2.12 bits per heavy atom. The molecule has 0 radical (unpaired) electrons. The SMILES string of the molecule is CCc1nn(C)c(CC(N)CS(C)(=O)=O)c1Cl. The molecule has 2 N–H and O–H groups in total. The molecule has 0 aliphatic heterocycles. The van der Waals surface area contributed by atoms with Crippen LogP contribution in [0.4, 0.5) is 0 Å². The lowest BCUT2D eigenvalue weighted by atomic mass is 10.2. The molecule has 0 aromatic carbocycles. The van der Waals surface area contributed by atoms with Gasteiger partial charge in [-0.25, -0.2) is 8.42 Å². The third-order valence-electron chi connectivity index (χ3n) is 2.48. The van der Waals surface area contributed by atoms with Crippen LogP contribution < -0.4 is 5.73 Å². The number of halogens is 1. The van der Waals surface area contributed by atoms with Gasteiger partial charge >= 0.3 is 0 Å². The molecule has 0 aliphatic rings. The van der Waals surface area contributed by atoms with E-state index in [0.717, 1.165) is 17.8 Å². The van der Waals surface area contributed by atoms with Gasteiger partial charge in [0, 0.05) is 25.8 Å². The largest absolute Gasteiger partial charge is 0.326 e. The molecule has 0 spiro atoms. The van der Waals surface area contributed by atoms with Crippen LogP contribution in [0.3, 0.4) is 0 Å². The van der Waals surface area contributed by atoms with Crippen molar-refractivity contribution < 1.29 is 8.42 Å². The van der Waals surface area contributed by atoms with Crippen molar-refractivity contribution in [2.24, 2.45) is 12.8 Å². The highest BCUT2D eigenvalue weighted by atomic mass is 35.5. The van der Waals surface area contributed by atoms with Crippen molar-refractivity contribution in [1.82, 2.24) is 9.78 Å². The average molecular weight is 280 g/mol. The maximum Gasteiger partial charge on any atom is 0.148 e. The van der Waals surface area contributed by atoms with E-state index in [2.05, 4.69) is 5.10 Å². The Hall–Kier alpha value is -0.590. The highest BCUT2D eigenvalue weighted by molar-refractivity contribution is 7.90. The summed E-state index contributed by atoms with van der Waals surface area (Å²) in [6, 6.07) is -0.456. The Morgan fingerprint density at radius 3 is 2.53 bits per heavy atom. The molecule has 5 nitrogen and oxygen atoms in total. The average Bonchev–Trinajstić information content (AvgIpc) is 2.42. The van der Waals surface area contributed by atoms with E-state index in [4.69, 9.17) is 17.3 Å². The molecule has 0 saturated carbocycles. The number of sulfone groups is 1. The van der Waals surface area contributed by atoms with Crippen LogP contribution in [0.15, 0.2) is 0 Å². The molecule has 1 heterocycles. The Bertz CT molecular complexity index is 496. The van der Waals surface area contributed by atoms with Crippen LogP contribution in [0.2, 0.25) is 5.02 Å². The summed E-state index contributed by atoms with van der Waals surface area (Å²) >= 11 is 6.16. The van der Waals surface area contributed by atoms with Gasteiger partial charge in [0.2, 0.25) is 0 Å². The number of hydrogen-bond acceptors (Lipinski definition) is 4. The predicted octanol–water partition coefficient (Wildman–Crippen LogP) is 0.550. The fourth-order valence-electron chi connectivity index (χ4n) is 1.74. The number of rotatable bonds is 5. The molecule has 17 heavy (non-hydrogen) atoms. The van der Waals surface area contributed by atoms with Gasteiger partial charge in [-0.05, 0) is 6.42 Å². The molecule has 0 fully saturated rings. The van der Waals surface area contributed by atoms with Crippen LogP contribution >= 0.6 is 11.6 Å². The Balaban J connectivity index is 2.85. The first-order valence-corrected chi connectivity index (χ1v) is 7.82. The second-order valence-corrected chi connectivity index (χ2v) is 6.80.